The Morgan fingerprint density at radius 1 is 0.919 bits per heavy atom. The molecular formula is C23H36N6O8. The number of rotatable bonds is 16. The van der Waals surface area contributed by atoms with Gasteiger partial charge in [0, 0.05) is 6.42 Å². The topological polar surface area (TPSA) is 260 Å². The number of unbranched alkanes of at least 4 members (excludes halogenated alkanes) is 1. The van der Waals surface area contributed by atoms with Gasteiger partial charge < -0.3 is 48.5 Å². The summed E-state index contributed by atoms with van der Waals surface area (Å²) in [6.45, 7) is 1.57. The average Bonchev–Trinajstić information content (AvgIpc) is 2.82. The molecule has 206 valence electrons. The molecule has 1 aromatic carbocycles. The molecule has 0 aromatic heterocycles. The predicted octanol–water partition coefficient (Wildman–Crippen LogP) is -2.81. The molecule has 37 heavy (non-hydrogen) atoms. The first-order valence-electron chi connectivity index (χ1n) is 11.7. The average molecular weight is 525 g/mol. The molecule has 14 heteroatoms. The second-order valence-corrected chi connectivity index (χ2v) is 8.62. The number of nitrogens with one attached hydrogen (secondary N) is 3. The molecule has 0 aliphatic heterocycles. The number of hydrogen-bond donors (Lipinski definition) is 9. The van der Waals surface area contributed by atoms with E-state index in [0.29, 0.717) is 31.4 Å². The van der Waals surface area contributed by atoms with Crippen molar-refractivity contribution in [3.05, 3.63) is 29.8 Å². The molecule has 14 nitrogen and oxygen atoms in total. The van der Waals surface area contributed by atoms with Crippen LogP contribution in [0.4, 0.5) is 0 Å². The molecule has 5 unspecified atom stereocenters. The molecule has 0 spiro atoms. The molecule has 4 amide bonds. The van der Waals surface area contributed by atoms with Crippen molar-refractivity contribution in [2.75, 3.05) is 6.54 Å². The first kappa shape index (κ1) is 31.3. The maximum Gasteiger partial charge on any atom is 0.328 e. The van der Waals surface area contributed by atoms with Crippen LogP contribution in [-0.2, 0) is 30.4 Å². The van der Waals surface area contributed by atoms with E-state index in [9.17, 15) is 39.3 Å². The van der Waals surface area contributed by atoms with E-state index in [4.69, 9.17) is 17.2 Å². The van der Waals surface area contributed by atoms with Gasteiger partial charge in [-0.15, -0.1) is 0 Å². The fourth-order valence-electron chi connectivity index (χ4n) is 3.32. The maximum absolute atomic E-state index is 13.2. The Hall–Kier alpha value is -3.75. The number of amides is 4. The van der Waals surface area contributed by atoms with E-state index in [1.165, 1.54) is 24.3 Å². The van der Waals surface area contributed by atoms with E-state index in [-0.39, 0.29) is 12.2 Å². The zero-order valence-corrected chi connectivity index (χ0v) is 20.6. The quantitative estimate of drug-likeness (QED) is 0.100. The van der Waals surface area contributed by atoms with Gasteiger partial charge in [-0.25, -0.2) is 4.79 Å². The van der Waals surface area contributed by atoms with Crippen molar-refractivity contribution >= 4 is 29.6 Å². The fraction of sp³-hybridized carbons (Fsp3) is 0.522. The standard InChI is InChI=1S/C23H36N6O8/c1-12(30)19(23(36)37)29-22(35)17(11-18(26)32)28-21(34)16(10-13-5-7-14(31)8-6-13)27-20(33)15(25)4-2-3-9-24/h5-8,12,15-17,19,30-31H,2-4,9-11,24-25H2,1H3,(H2,26,32)(H,27,33)(H,28,34)(H,29,35)(H,36,37). The Bertz CT molecular complexity index is 940. The number of benzene rings is 1. The van der Waals surface area contributed by atoms with Crippen molar-refractivity contribution in [1.29, 1.82) is 0 Å². The van der Waals surface area contributed by atoms with E-state index in [0.717, 1.165) is 6.92 Å². The number of aromatic hydroxyl groups is 1. The fourth-order valence-corrected chi connectivity index (χ4v) is 3.32. The molecular weight excluding hydrogens is 488 g/mol. The maximum atomic E-state index is 13.2. The number of hydrogen-bond acceptors (Lipinski definition) is 9. The summed E-state index contributed by atoms with van der Waals surface area (Å²) in [6.07, 6.45) is -0.653. The number of carbonyl (C=O) groups is 5. The van der Waals surface area contributed by atoms with Crippen LogP contribution in [0.15, 0.2) is 24.3 Å². The highest BCUT2D eigenvalue weighted by Gasteiger charge is 2.32. The summed E-state index contributed by atoms with van der Waals surface area (Å²) in [5.41, 5.74) is 17.1. The van der Waals surface area contributed by atoms with Crippen LogP contribution in [0.2, 0.25) is 0 Å². The SMILES string of the molecule is CC(O)C(NC(=O)C(CC(N)=O)NC(=O)C(Cc1ccc(O)cc1)NC(=O)C(N)CCCCN)C(=O)O. The highest BCUT2D eigenvalue weighted by atomic mass is 16.4. The van der Waals surface area contributed by atoms with Crippen LogP contribution in [-0.4, -0.2) is 81.7 Å². The lowest BCUT2D eigenvalue weighted by Gasteiger charge is -2.25. The molecule has 1 aromatic rings. The highest BCUT2D eigenvalue weighted by Crippen LogP contribution is 2.12. The Kier molecular flexibility index (Phi) is 13.0. The van der Waals surface area contributed by atoms with Gasteiger partial charge in [0.25, 0.3) is 0 Å². The third-order valence-electron chi connectivity index (χ3n) is 5.40. The summed E-state index contributed by atoms with van der Waals surface area (Å²) in [5, 5.41) is 35.2. The van der Waals surface area contributed by atoms with Gasteiger partial charge in [0.2, 0.25) is 23.6 Å². The molecule has 0 radical (unpaired) electrons. The molecule has 0 aliphatic carbocycles. The normalized spacial score (nSPS) is 14.9. The summed E-state index contributed by atoms with van der Waals surface area (Å²) >= 11 is 0. The minimum absolute atomic E-state index is 0.0139. The molecule has 0 fully saturated rings. The molecule has 5 atom stereocenters. The van der Waals surface area contributed by atoms with E-state index >= 15 is 0 Å². The monoisotopic (exact) mass is 524 g/mol. The van der Waals surface area contributed by atoms with E-state index in [1.807, 2.05) is 0 Å². The number of nitrogens with two attached hydrogens (primary N) is 3. The minimum Gasteiger partial charge on any atom is -0.508 e. The number of carboxylic acid groups (broad SMARTS) is 1. The van der Waals surface area contributed by atoms with Crippen molar-refractivity contribution in [3.8, 4) is 5.75 Å². The number of carbonyl (C=O) groups excluding carboxylic acids is 4. The van der Waals surface area contributed by atoms with Crippen LogP contribution in [0.25, 0.3) is 0 Å². The zero-order valence-electron chi connectivity index (χ0n) is 20.6. The third kappa shape index (κ3) is 11.2. The van der Waals surface area contributed by atoms with Crippen LogP contribution in [0.3, 0.4) is 0 Å². The third-order valence-corrected chi connectivity index (χ3v) is 5.40. The van der Waals surface area contributed by atoms with Crippen LogP contribution >= 0.6 is 0 Å². The van der Waals surface area contributed by atoms with Crippen LogP contribution < -0.4 is 33.2 Å². The number of aliphatic hydroxyl groups is 1. The van der Waals surface area contributed by atoms with Crippen molar-refractivity contribution in [3.63, 3.8) is 0 Å². The first-order chi connectivity index (χ1) is 17.3. The van der Waals surface area contributed by atoms with Gasteiger partial charge in [0.05, 0.1) is 18.6 Å². The van der Waals surface area contributed by atoms with Crippen LogP contribution in [0.5, 0.6) is 5.75 Å². The summed E-state index contributed by atoms with van der Waals surface area (Å²) < 4.78 is 0. The lowest BCUT2D eigenvalue weighted by molar-refractivity contribution is -0.145. The van der Waals surface area contributed by atoms with Gasteiger partial charge in [0.1, 0.15) is 17.8 Å². The number of aliphatic hydroxyl groups excluding tert-OH is 1. The summed E-state index contributed by atoms with van der Waals surface area (Å²) in [5.74, 6) is -5.10. The summed E-state index contributed by atoms with van der Waals surface area (Å²) in [6, 6.07) is 0.322. The second-order valence-electron chi connectivity index (χ2n) is 8.62. The summed E-state index contributed by atoms with van der Waals surface area (Å²) in [7, 11) is 0. The Balaban J connectivity index is 3.11. The lowest BCUT2D eigenvalue weighted by Crippen LogP contribution is -2.59. The minimum atomic E-state index is -1.71. The van der Waals surface area contributed by atoms with Gasteiger partial charge in [-0.05, 0) is 44.0 Å². The Labute approximate surface area is 213 Å². The van der Waals surface area contributed by atoms with Gasteiger partial charge >= 0.3 is 5.97 Å². The van der Waals surface area contributed by atoms with Gasteiger partial charge in [-0.2, -0.15) is 0 Å². The molecule has 0 bridgehead atoms. The van der Waals surface area contributed by atoms with Crippen molar-refractivity contribution < 1.29 is 39.3 Å². The van der Waals surface area contributed by atoms with Gasteiger partial charge in [0.15, 0.2) is 6.04 Å². The molecule has 12 N–H and O–H groups in total. The Morgan fingerprint density at radius 3 is 2.00 bits per heavy atom. The van der Waals surface area contributed by atoms with Gasteiger partial charge in [-0.1, -0.05) is 18.6 Å². The largest absolute Gasteiger partial charge is 0.508 e. The second kappa shape index (κ2) is 15.4. The van der Waals surface area contributed by atoms with E-state index in [2.05, 4.69) is 16.0 Å². The summed E-state index contributed by atoms with van der Waals surface area (Å²) in [4.78, 5) is 61.3. The number of phenols is 1. The van der Waals surface area contributed by atoms with Crippen LogP contribution in [0.1, 0.15) is 38.2 Å². The molecule has 1 rings (SSSR count). The van der Waals surface area contributed by atoms with Crippen molar-refractivity contribution in [2.45, 2.75) is 69.3 Å². The number of carboxylic acids is 1. The Morgan fingerprint density at radius 2 is 1.49 bits per heavy atom. The first-order valence-corrected chi connectivity index (χ1v) is 11.7. The molecule has 0 heterocycles. The highest BCUT2D eigenvalue weighted by molar-refractivity contribution is 5.96. The predicted molar refractivity (Wildman–Crippen MR) is 132 cm³/mol. The number of primary amides is 1. The number of phenolic OH excluding ortho intramolecular Hbond substituents is 1. The lowest BCUT2D eigenvalue weighted by atomic mass is 10.0. The molecule has 0 saturated heterocycles. The van der Waals surface area contributed by atoms with E-state index in [1.54, 1.807) is 0 Å². The molecule has 0 aliphatic rings. The smallest absolute Gasteiger partial charge is 0.328 e. The zero-order chi connectivity index (χ0) is 28.1. The van der Waals surface area contributed by atoms with Gasteiger partial charge in [-0.3, -0.25) is 19.2 Å². The van der Waals surface area contributed by atoms with Crippen molar-refractivity contribution in [1.82, 2.24) is 16.0 Å². The number of aliphatic carboxylic acids is 1. The van der Waals surface area contributed by atoms with E-state index < -0.39 is 66.3 Å². The van der Waals surface area contributed by atoms with Crippen LogP contribution in [0, 0.1) is 0 Å². The molecule has 0 saturated carbocycles. The van der Waals surface area contributed by atoms with Crippen molar-refractivity contribution in [2.24, 2.45) is 17.2 Å².